The number of unbranched alkanes of at least 4 members (excludes halogenated alkanes) is 15. The standard InChI is InChI=1S/C26H46O2/c1-3-4-5-6-7-8-9-10-11-12-13-14-15-16-17-18-21-28-26-20-19-25(23-27)24(2)22-26/h19-20,22,27H,3-18,21,23H2,1-2H3. The third-order valence-electron chi connectivity index (χ3n) is 5.75. The number of aliphatic hydroxyl groups is 1. The number of aliphatic hydroxyl groups excluding tert-OH is 1. The second kappa shape index (κ2) is 18.0. The van der Waals surface area contributed by atoms with Crippen molar-refractivity contribution < 1.29 is 9.84 Å². The van der Waals surface area contributed by atoms with Crippen LogP contribution in [0, 0.1) is 6.92 Å². The van der Waals surface area contributed by atoms with Crippen molar-refractivity contribution in [2.75, 3.05) is 6.61 Å². The van der Waals surface area contributed by atoms with Gasteiger partial charge in [0.05, 0.1) is 13.2 Å². The fourth-order valence-corrected chi connectivity index (χ4v) is 3.78. The Labute approximate surface area is 175 Å². The van der Waals surface area contributed by atoms with Crippen LogP contribution in [-0.2, 0) is 6.61 Å². The lowest BCUT2D eigenvalue weighted by atomic mass is 10.0. The molecule has 0 spiro atoms. The van der Waals surface area contributed by atoms with Gasteiger partial charge >= 0.3 is 0 Å². The Kier molecular flexibility index (Phi) is 16.1. The van der Waals surface area contributed by atoms with Gasteiger partial charge in [-0.15, -0.1) is 0 Å². The third kappa shape index (κ3) is 13.2. The molecule has 2 nitrogen and oxygen atoms in total. The van der Waals surface area contributed by atoms with E-state index in [2.05, 4.69) is 6.92 Å². The molecule has 0 atom stereocenters. The lowest BCUT2D eigenvalue weighted by Gasteiger charge is -2.09. The molecule has 0 unspecified atom stereocenters. The molecule has 1 N–H and O–H groups in total. The molecule has 1 rings (SSSR count). The van der Waals surface area contributed by atoms with E-state index in [1.165, 1.54) is 96.3 Å². The van der Waals surface area contributed by atoms with Crippen LogP contribution in [0.3, 0.4) is 0 Å². The predicted molar refractivity (Wildman–Crippen MR) is 122 cm³/mol. The summed E-state index contributed by atoms with van der Waals surface area (Å²) in [4.78, 5) is 0. The van der Waals surface area contributed by atoms with E-state index < -0.39 is 0 Å². The Morgan fingerprint density at radius 1 is 0.679 bits per heavy atom. The van der Waals surface area contributed by atoms with Gasteiger partial charge in [-0.25, -0.2) is 0 Å². The topological polar surface area (TPSA) is 29.5 Å². The molecule has 0 amide bonds. The second-order valence-corrected chi connectivity index (χ2v) is 8.40. The summed E-state index contributed by atoms with van der Waals surface area (Å²) in [5, 5.41) is 9.20. The summed E-state index contributed by atoms with van der Waals surface area (Å²) in [5.41, 5.74) is 2.08. The number of hydrogen-bond acceptors (Lipinski definition) is 2. The van der Waals surface area contributed by atoms with Gasteiger partial charge in [-0.1, -0.05) is 109 Å². The number of aryl methyl sites for hydroxylation is 1. The smallest absolute Gasteiger partial charge is 0.119 e. The highest BCUT2D eigenvalue weighted by molar-refractivity contribution is 5.34. The summed E-state index contributed by atoms with van der Waals surface area (Å²) in [5.74, 6) is 0.927. The summed E-state index contributed by atoms with van der Waals surface area (Å²) in [7, 11) is 0. The molecule has 2 heteroatoms. The summed E-state index contributed by atoms with van der Waals surface area (Å²) < 4.78 is 5.82. The minimum absolute atomic E-state index is 0.102. The first-order valence-corrected chi connectivity index (χ1v) is 12.1. The molecular formula is C26H46O2. The van der Waals surface area contributed by atoms with E-state index in [1.807, 2.05) is 25.1 Å². The van der Waals surface area contributed by atoms with Crippen molar-refractivity contribution in [3.8, 4) is 5.75 Å². The van der Waals surface area contributed by atoms with Crippen molar-refractivity contribution in [3.05, 3.63) is 29.3 Å². The maximum absolute atomic E-state index is 9.20. The van der Waals surface area contributed by atoms with Gasteiger partial charge < -0.3 is 9.84 Å². The predicted octanol–water partition coefficient (Wildman–Crippen LogP) is 8.13. The first kappa shape index (κ1) is 25.0. The van der Waals surface area contributed by atoms with E-state index in [4.69, 9.17) is 4.74 Å². The molecule has 0 aliphatic rings. The van der Waals surface area contributed by atoms with E-state index in [9.17, 15) is 5.11 Å². The number of ether oxygens (including phenoxy) is 1. The zero-order valence-electron chi connectivity index (χ0n) is 18.8. The Balaban J connectivity index is 1.80. The average Bonchev–Trinajstić information content (AvgIpc) is 2.70. The highest BCUT2D eigenvalue weighted by Gasteiger charge is 2.00. The van der Waals surface area contributed by atoms with E-state index in [0.717, 1.165) is 29.9 Å². The van der Waals surface area contributed by atoms with Crippen molar-refractivity contribution in [2.24, 2.45) is 0 Å². The van der Waals surface area contributed by atoms with Gasteiger partial charge in [-0.2, -0.15) is 0 Å². The van der Waals surface area contributed by atoms with Crippen LogP contribution in [0.5, 0.6) is 5.75 Å². The van der Waals surface area contributed by atoms with Gasteiger partial charge in [0.15, 0.2) is 0 Å². The third-order valence-corrected chi connectivity index (χ3v) is 5.75. The fraction of sp³-hybridized carbons (Fsp3) is 0.769. The second-order valence-electron chi connectivity index (χ2n) is 8.40. The Hall–Kier alpha value is -1.02. The molecule has 0 aromatic heterocycles. The first-order valence-electron chi connectivity index (χ1n) is 12.1. The monoisotopic (exact) mass is 390 g/mol. The molecule has 0 saturated carbocycles. The Bertz CT molecular complexity index is 470. The van der Waals surface area contributed by atoms with E-state index in [1.54, 1.807) is 0 Å². The molecule has 0 heterocycles. The molecule has 0 bridgehead atoms. The molecule has 162 valence electrons. The molecule has 0 aliphatic heterocycles. The van der Waals surface area contributed by atoms with Gasteiger partial charge in [0.25, 0.3) is 0 Å². The molecule has 1 aromatic rings. The number of benzene rings is 1. The van der Waals surface area contributed by atoms with Crippen LogP contribution >= 0.6 is 0 Å². The lowest BCUT2D eigenvalue weighted by Crippen LogP contribution is -1.98. The van der Waals surface area contributed by atoms with Crippen LogP contribution < -0.4 is 4.74 Å². The van der Waals surface area contributed by atoms with E-state index in [0.29, 0.717) is 0 Å². The van der Waals surface area contributed by atoms with Crippen molar-refractivity contribution in [3.63, 3.8) is 0 Å². The van der Waals surface area contributed by atoms with Gasteiger partial charge in [0.1, 0.15) is 5.75 Å². The molecular weight excluding hydrogens is 344 g/mol. The Morgan fingerprint density at radius 3 is 1.57 bits per heavy atom. The molecule has 0 aliphatic carbocycles. The summed E-state index contributed by atoms with van der Waals surface area (Å²) in [6.45, 7) is 5.21. The summed E-state index contributed by atoms with van der Waals surface area (Å²) in [6, 6.07) is 5.95. The van der Waals surface area contributed by atoms with Gasteiger partial charge in [0, 0.05) is 0 Å². The van der Waals surface area contributed by atoms with Crippen molar-refractivity contribution in [1.82, 2.24) is 0 Å². The average molecular weight is 391 g/mol. The number of rotatable bonds is 19. The molecule has 0 fully saturated rings. The van der Waals surface area contributed by atoms with Crippen LogP contribution in [0.2, 0.25) is 0 Å². The molecule has 1 aromatic carbocycles. The van der Waals surface area contributed by atoms with E-state index >= 15 is 0 Å². The zero-order valence-corrected chi connectivity index (χ0v) is 18.8. The minimum Gasteiger partial charge on any atom is -0.494 e. The quantitative estimate of drug-likeness (QED) is 0.242. The normalized spacial score (nSPS) is 11.1. The highest BCUT2D eigenvalue weighted by atomic mass is 16.5. The molecule has 0 saturated heterocycles. The van der Waals surface area contributed by atoms with Crippen LogP contribution in [-0.4, -0.2) is 11.7 Å². The number of hydrogen-bond donors (Lipinski definition) is 1. The lowest BCUT2D eigenvalue weighted by molar-refractivity contribution is 0.280. The zero-order chi connectivity index (χ0) is 20.3. The van der Waals surface area contributed by atoms with E-state index in [-0.39, 0.29) is 6.61 Å². The maximum atomic E-state index is 9.20. The van der Waals surface area contributed by atoms with Crippen LogP contribution in [0.1, 0.15) is 121 Å². The van der Waals surface area contributed by atoms with Crippen LogP contribution in [0.25, 0.3) is 0 Å². The minimum atomic E-state index is 0.102. The fourth-order valence-electron chi connectivity index (χ4n) is 3.78. The first-order chi connectivity index (χ1) is 13.8. The van der Waals surface area contributed by atoms with Crippen molar-refractivity contribution in [1.29, 1.82) is 0 Å². The molecule has 0 radical (unpaired) electrons. The van der Waals surface area contributed by atoms with Crippen LogP contribution in [0.15, 0.2) is 18.2 Å². The Morgan fingerprint density at radius 2 is 1.14 bits per heavy atom. The van der Waals surface area contributed by atoms with Crippen molar-refractivity contribution >= 4 is 0 Å². The summed E-state index contributed by atoms with van der Waals surface area (Å²) >= 11 is 0. The SMILES string of the molecule is CCCCCCCCCCCCCCCCCCOc1ccc(CO)c(C)c1. The highest BCUT2D eigenvalue weighted by Crippen LogP contribution is 2.18. The largest absolute Gasteiger partial charge is 0.494 e. The van der Waals surface area contributed by atoms with Crippen molar-refractivity contribution in [2.45, 2.75) is 123 Å². The van der Waals surface area contributed by atoms with Gasteiger partial charge in [0.2, 0.25) is 0 Å². The van der Waals surface area contributed by atoms with Gasteiger partial charge in [-0.05, 0) is 36.6 Å². The van der Waals surface area contributed by atoms with Gasteiger partial charge in [-0.3, -0.25) is 0 Å². The van der Waals surface area contributed by atoms with Crippen LogP contribution in [0.4, 0.5) is 0 Å². The molecule has 28 heavy (non-hydrogen) atoms. The summed E-state index contributed by atoms with van der Waals surface area (Å²) in [6.07, 6.45) is 22.3. The maximum Gasteiger partial charge on any atom is 0.119 e.